The van der Waals surface area contributed by atoms with Crippen molar-refractivity contribution in [2.75, 3.05) is 6.61 Å². The van der Waals surface area contributed by atoms with E-state index in [2.05, 4.69) is 4.98 Å². The van der Waals surface area contributed by atoms with E-state index in [1.54, 1.807) is 30.5 Å². The van der Waals surface area contributed by atoms with Crippen LogP contribution in [0.5, 0.6) is 5.75 Å². The van der Waals surface area contributed by atoms with Crippen LogP contribution >= 0.6 is 0 Å². The molecule has 2 heterocycles. The first kappa shape index (κ1) is 16.0. The summed E-state index contributed by atoms with van der Waals surface area (Å²) in [6.45, 7) is 5.78. The highest BCUT2D eigenvalue weighted by molar-refractivity contribution is 5.96. The monoisotopic (exact) mass is 304 g/mol. The molecule has 0 bridgehead atoms. The van der Waals surface area contributed by atoms with Gasteiger partial charge in [-0.15, -0.1) is 0 Å². The van der Waals surface area contributed by atoms with E-state index in [-0.39, 0.29) is 12.2 Å². The van der Waals surface area contributed by atoms with Gasteiger partial charge in [-0.3, -0.25) is 14.0 Å². The highest BCUT2D eigenvalue weighted by Crippen LogP contribution is 2.23. The number of fused-ring (bicyclic) bond motifs is 1. The molecule has 22 heavy (non-hydrogen) atoms. The molecular weight excluding hydrogens is 284 g/mol. The number of ether oxygens (including phenoxy) is 1. The number of hydrogen-bond acceptors (Lipinski definition) is 4. The standard InChI is InChI=1S/C16H20N2O4/c1-4-22-13-6-5-9-18-14(11(3)17-15(13)18)12(19)8-7-10(2)16(20)21/h5-6,9-10H,4,7-8H2,1-3H3,(H,20,21). The number of Topliss-reactive ketones (excluding diaryl/α,β-unsaturated/α-hetero) is 1. The first-order valence-electron chi connectivity index (χ1n) is 7.32. The molecular formula is C16H20N2O4. The number of carbonyl (C=O) groups excluding carboxylic acids is 1. The van der Waals surface area contributed by atoms with Crippen molar-refractivity contribution in [3.05, 3.63) is 29.7 Å². The van der Waals surface area contributed by atoms with Crippen LogP contribution in [0.1, 0.15) is 42.9 Å². The Balaban J connectivity index is 2.31. The van der Waals surface area contributed by atoms with Crippen molar-refractivity contribution in [1.29, 1.82) is 0 Å². The molecule has 1 atom stereocenters. The maximum Gasteiger partial charge on any atom is 0.306 e. The number of carbonyl (C=O) groups is 2. The number of pyridine rings is 1. The van der Waals surface area contributed by atoms with Gasteiger partial charge >= 0.3 is 5.97 Å². The zero-order chi connectivity index (χ0) is 16.3. The molecule has 2 rings (SSSR count). The summed E-state index contributed by atoms with van der Waals surface area (Å²) in [6.07, 6.45) is 2.26. The third kappa shape index (κ3) is 3.10. The number of carboxylic acid groups (broad SMARTS) is 1. The fourth-order valence-electron chi connectivity index (χ4n) is 2.35. The van der Waals surface area contributed by atoms with Crippen molar-refractivity contribution >= 4 is 17.4 Å². The lowest BCUT2D eigenvalue weighted by Crippen LogP contribution is -2.13. The first-order valence-corrected chi connectivity index (χ1v) is 7.32. The second kappa shape index (κ2) is 6.60. The van der Waals surface area contributed by atoms with Crippen molar-refractivity contribution in [1.82, 2.24) is 9.38 Å². The molecule has 0 aliphatic rings. The topological polar surface area (TPSA) is 80.9 Å². The Morgan fingerprint density at radius 1 is 1.45 bits per heavy atom. The molecule has 6 heteroatoms. The predicted molar refractivity (Wildman–Crippen MR) is 81.5 cm³/mol. The maximum atomic E-state index is 12.4. The van der Waals surface area contributed by atoms with Crippen molar-refractivity contribution in [3.8, 4) is 5.75 Å². The van der Waals surface area contributed by atoms with Crippen molar-refractivity contribution in [3.63, 3.8) is 0 Å². The van der Waals surface area contributed by atoms with E-state index in [0.717, 1.165) is 0 Å². The van der Waals surface area contributed by atoms with E-state index in [4.69, 9.17) is 9.84 Å². The summed E-state index contributed by atoms with van der Waals surface area (Å²) in [6, 6.07) is 3.61. The third-order valence-corrected chi connectivity index (χ3v) is 3.58. The molecule has 0 aliphatic heterocycles. The van der Waals surface area contributed by atoms with Gasteiger partial charge in [0.2, 0.25) is 0 Å². The Labute approximate surface area is 128 Å². The minimum absolute atomic E-state index is 0.105. The highest BCUT2D eigenvalue weighted by atomic mass is 16.5. The highest BCUT2D eigenvalue weighted by Gasteiger charge is 2.20. The molecule has 0 fully saturated rings. The average molecular weight is 304 g/mol. The number of aryl methyl sites for hydroxylation is 1. The molecule has 6 nitrogen and oxygen atoms in total. The fourth-order valence-corrected chi connectivity index (χ4v) is 2.35. The van der Waals surface area contributed by atoms with Crippen molar-refractivity contribution in [2.45, 2.75) is 33.6 Å². The molecule has 0 spiro atoms. The molecule has 0 radical (unpaired) electrons. The van der Waals surface area contributed by atoms with Crippen LogP contribution in [-0.4, -0.2) is 32.9 Å². The molecule has 0 saturated carbocycles. The smallest absolute Gasteiger partial charge is 0.306 e. The van der Waals surface area contributed by atoms with E-state index in [1.807, 2.05) is 13.0 Å². The summed E-state index contributed by atoms with van der Waals surface area (Å²) < 4.78 is 7.24. The Morgan fingerprint density at radius 3 is 2.82 bits per heavy atom. The molecule has 0 aliphatic carbocycles. The number of imidazole rings is 1. The molecule has 1 N–H and O–H groups in total. The number of ketones is 1. The van der Waals surface area contributed by atoms with Gasteiger partial charge in [-0.05, 0) is 32.4 Å². The first-order chi connectivity index (χ1) is 10.5. The van der Waals surface area contributed by atoms with E-state index >= 15 is 0 Å². The van der Waals surface area contributed by atoms with Gasteiger partial charge in [0, 0.05) is 12.6 Å². The molecule has 0 amide bonds. The molecule has 2 aromatic heterocycles. The second-order valence-electron chi connectivity index (χ2n) is 5.25. The van der Waals surface area contributed by atoms with Gasteiger partial charge in [0.05, 0.1) is 18.2 Å². The largest absolute Gasteiger partial charge is 0.490 e. The summed E-state index contributed by atoms with van der Waals surface area (Å²) in [4.78, 5) is 27.7. The van der Waals surface area contributed by atoms with Crippen LogP contribution in [0.3, 0.4) is 0 Å². The Bertz CT molecular complexity index is 705. The minimum Gasteiger partial charge on any atom is -0.490 e. The quantitative estimate of drug-likeness (QED) is 0.795. The average Bonchev–Trinajstić information content (AvgIpc) is 2.81. The van der Waals surface area contributed by atoms with E-state index < -0.39 is 11.9 Å². The summed E-state index contributed by atoms with van der Waals surface area (Å²) in [7, 11) is 0. The Morgan fingerprint density at radius 2 is 2.18 bits per heavy atom. The van der Waals surface area contributed by atoms with Crippen LogP contribution in [0.25, 0.3) is 5.65 Å². The van der Waals surface area contributed by atoms with Gasteiger partial charge in [0.1, 0.15) is 5.69 Å². The van der Waals surface area contributed by atoms with E-state index in [1.165, 1.54) is 0 Å². The molecule has 0 saturated heterocycles. The van der Waals surface area contributed by atoms with Crippen molar-refractivity contribution in [2.24, 2.45) is 5.92 Å². The van der Waals surface area contributed by atoms with E-state index in [9.17, 15) is 9.59 Å². The number of aromatic nitrogens is 2. The lowest BCUT2D eigenvalue weighted by molar-refractivity contribution is -0.141. The Hall–Kier alpha value is -2.37. The lowest BCUT2D eigenvalue weighted by Gasteiger charge is -2.07. The van der Waals surface area contributed by atoms with Gasteiger partial charge in [-0.1, -0.05) is 6.92 Å². The zero-order valence-corrected chi connectivity index (χ0v) is 13.0. The van der Waals surface area contributed by atoms with Gasteiger partial charge in [0.15, 0.2) is 17.2 Å². The van der Waals surface area contributed by atoms with Crippen LogP contribution < -0.4 is 4.74 Å². The molecule has 1 unspecified atom stereocenters. The second-order valence-corrected chi connectivity index (χ2v) is 5.25. The fraction of sp³-hybridized carbons (Fsp3) is 0.438. The SMILES string of the molecule is CCOc1cccn2c(C(=O)CCC(C)C(=O)O)c(C)nc12. The van der Waals surface area contributed by atoms with Crippen LogP contribution in [-0.2, 0) is 4.79 Å². The minimum atomic E-state index is -0.888. The van der Waals surface area contributed by atoms with Crippen LogP contribution in [0, 0.1) is 12.8 Å². The number of rotatable bonds is 7. The summed E-state index contributed by atoms with van der Waals surface area (Å²) in [5, 5.41) is 8.90. The van der Waals surface area contributed by atoms with Crippen molar-refractivity contribution < 1.29 is 19.4 Å². The Kier molecular flexibility index (Phi) is 4.80. The van der Waals surface area contributed by atoms with Gasteiger partial charge < -0.3 is 9.84 Å². The van der Waals surface area contributed by atoms with E-state index in [0.29, 0.717) is 35.8 Å². The molecule has 0 aromatic carbocycles. The summed E-state index contributed by atoms with van der Waals surface area (Å²) >= 11 is 0. The van der Waals surface area contributed by atoms with Gasteiger partial charge in [0.25, 0.3) is 0 Å². The molecule has 118 valence electrons. The van der Waals surface area contributed by atoms with Crippen LogP contribution in [0.15, 0.2) is 18.3 Å². The zero-order valence-electron chi connectivity index (χ0n) is 13.0. The van der Waals surface area contributed by atoms with Gasteiger partial charge in [-0.25, -0.2) is 4.98 Å². The number of hydrogen-bond donors (Lipinski definition) is 1. The molecule has 2 aromatic rings. The van der Waals surface area contributed by atoms with Crippen LogP contribution in [0.2, 0.25) is 0 Å². The normalized spacial score (nSPS) is 12.3. The van der Waals surface area contributed by atoms with Crippen LogP contribution in [0.4, 0.5) is 0 Å². The number of carboxylic acids is 1. The van der Waals surface area contributed by atoms with Gasteiger partial charge in [-0.2, -0.15) is 0 Å². The summed E-state index contributed by atoms with van der Waals surface area (Å²) in [5.74, 6) is -0.901. The number of aliphatic carboxylic acids is 1. The third-order valence-electron chi connectivity index (χ3n) is 3.58. The lowest BCUT2D eigenvalue weighted by atomic mass is 10.0. The number of nitrogens with zero attached hydrogens (tertiary/aromatic N) is 2. The predicted octanol–water partition coefficient (Wildman–Crippen LogP) is 2.73. The summed E-state index contributed by atoms with van der Waals surface area (Å²) in [5.41, 5.74) is 1.73. The maximum absolute atomic E-state index is 12.4.